The van der Waals surface area contributed by atoms with Gasteiger partial charge in [0, 0.05) is 38.0 Å². The highest BCUT2D eigenvalue weighted by atomic mass is 16.5. The molecular weight excluding hydrogens is 542 g/mol. The van der Waals surface area contributed by atoms with E-state index in [-0.39, 0.29) is 30.4 Å². The number of anilines is 1. The van der Waals surface area contributed by atoms with Gasteiger partial charge >= 0.3 is 0 Å². The fourth-order valence-corrected chi connectivity index (χ4v) is 8.52. The van der Waals surface area contributed by atoms with E-state index in [0.717, 1.165) is 37.8 Å². The number of aliphatic hydroxyl groups excluding tert-OH is 1. The highest BCUT2D eigenvalue weighted by Gasteiger charge is 2.79. The van der Waals surface area contributed by atoms with Crippen molar-refractivity contribution in [3.63, 3.8) is 0 Å². The van der Waals surface area contributed by atoms with E-state index in [1.54, 1.807) is 22.0 Å². The third-order valence-corrected chi connectivity index (χ3v) is 10.5. The summed E-state index contributed by atoms with van der Waals surface area (Å²) < 4.78 is 7.05. The number of amides is 3. The zero-order valence-electron chi connectivity index (χ0n) is 25.8. The lowest BCUT2D eigenvalue weighted by Crippen LogP contribution is -2.58. The molecule has 3 heterocycles. The SMILES string of the molecule is C=CCN(C(=O)[C@@H]1[C@H]2C(=O)N(CCCCCO)C(C(=O)N(CC=C)C3CCCCC3)C23CC[C@@]1(CC)O3)c1ccccc1. The van der Waals surface area contributed by atoms with Crippen LogP contribution < -0.4 is 4.90 Å². The minimum Gasteiger partial charge on any atom is -0.396 e. The van der Waals surface area contributed by atoms with Crippen LogP contribution in [0.25, 0.3) is 0 Å². The number of para-hydroxylation sites is 1. The fourth-order valence-electron chi connectivity index (χ4n) is 8.52. The summed E-state index contributed by atoms with van der Waals surface area (Å²) in [4.78, 5) is 49.4. The number of benzene rings is 1. The van der Waals surface area contributed by atoms with E-state index >= 15 is 0 Å². The molecule has 4 aliphatic rings. The molecule has 1 aromatic carbocycles. The van der Waals surface area contributed by atoms with Crippen molar-refractivity contribution in [3.05, 3.63) is 55.6 Å². The van der Waals surface area contributed by atoms with E-state index in [1.165, 1.54) is 6.42 Å². The quantitative estimate of drug-likeness (QED) is 0.246. The Kier molecular flexibility index (Phi) is 9.76. The number of likely N-dealkylation sites (tertiary alicyclic amines) is 1. The van der Waals surface area contributed by atoms with Crippen molar-refractivity contribution >= 4 is 23.4 Å². The summed E-state index contributed by atoms with van der Waals surface area (Å²) >= 11 is 0. The lowest BCUT2D eigenvalue weighted by molar-refractivity contribution is -0.154. The van der Waals surface area contributed by atoms with Gasteiger partial charge in [-0.2, -0.15) is 0 Å². The van der Waals surface area contributed by atoms with Gasteiger partial charge in [0.25, 0.3) is 0 Å². The van der Waals surface area contributed by atoms with Crippen molar-refractivity contribution in [2.45, 2.75) is 101 Å². The molecule has 1 N–H and O–H groups in total. The Balaban J connectivity index is 1.56. The molecule has 43 heavy (non-hydrogen) atoms. The second-order valence-electron chi connectivity index (χ2n) is 12.8. The molecule has 1 aliphatic carbocycles. The van der Waals surface area contributed by atoms with Crippen LogP contribution in [0.15, 0.2) is 55.6 Å². The summed E-state index contributed by atoms with van der Waals surface area (Å²) in [5.41, 5.74) is -1.10. The normalized spacial score (nSPS) is 29.9. The maximum Gasteiger partial charge on any atom is 0.248 e. The Morgan fingerprint density at radius 3 is 2.40 bits per heavy atom. The first-order chi connectivity index (χ1) is 20.9. The van der Waals surface area contributed by atoms with E-state index in [2.05, 4.69) is 13.2 Å². The van der Waals surface area contributed by atoms with Crippen molar-refractivity contribution in [1.82, 2.24) is 9.80 Å². The van der Waals surface area contributed by atoms with Gasteiger partial charge in [-0.25, -0.2) is 0 Å². The average Bonchev–Trinajstić information content (AvgIpc) is 3.64. The van der Waals surface area contributed by atoms with Crippen LogP contribution in [0.5, 0.6) is 0 Å². The van der Waals surface area contributed by atoms with Gasteiger partial charge in [-0.3, -0.25) is 14.4 Å². The first-order valence-corrected chi connectivity index (χ1v) is 16.4. The van der Waals surface area contributed by atoms with E-state index in [1.807, 2.05) is 42.2 Å². The molecule has 8 heteroatoms. The van der Waals surface area contributed by atoms with E-state index in [0.29, 0.717) is 51.7 Å². The van der Waals surface area contributed by atoms with Crippen LogP contribution >= 0.6 is 0 Å². The lowest BCUT2D eigenvalue weighted by Gasteiger charge is -2.41. The Bertz CT molecular complexity index is 1180. The Morgan fingerprint density at radius 1 is 1.02 bits per heavy atom. The van der Waals surface area contributed by atoms with Gasteiger partial charge < -0.3 is 24.5 Å². The smallest absolute Gasteiger partial charge is 0.248 e. The van der Waals surface area contributed by atoms with Gasteiger partial charge in [0.2, 0.25) is 17.7 Å². The van der Waals surface area contributed by atoms with Crippen LogP contribution in [0.2, 0.25) is 0 Å². The second-order valence-corrected chi connectivity index (χ2v) is 12.8. The van der Waals surface area contributed by atoms with Gasteiger partial charge in [0.05, 0.1) is 17.4 Å². The second kappa shape index (κ2) is 13.3. The zero-order valence-corrected chi connectivity index (χ0v) is 25.8. The van der Waals surface area contributed by atoms with Crippen LogP contribution in [0.4, 0.5) is 5.69 Å². The van der Waals surface area contributed by atoms with Gasteiger partial charge in [-0.15, -0.1) is 13.2 Å². The molecule has 1 spiro atoms. The highest BCUT2D eigenvalue weighted by molar-refractivity contribution is 6.03. The summed E-state index contributed by atoms with van der Waals surface area (Å²) in [6.07, 6.45) is 12.6. The van der Waals surface area contributed by atoms with Crippen molar-refractivity contribution in [2.24, 2.45) is 11.8 Å². The molecule has 2 unspecified atom stereocenters. The highest BCUT2D eigenvalue weighted by Crippen LogP contribution is 2.65. The predicted octanol–water partition coefficient (Wildman–Crippen LogP) is 4.87. The van der Waals surface area contributed by atoms with E-state index in [4.69, 9.17) is 4.74 Å². The maximum atomic E-state index is 14.8. The van der Waals surface area contributed by atoms with Crippen LogP contribution in [-0.2, 0) is 19.1 Å². The Labute approximate surface area is 256 Å². The lowest BCUT2D eigenvalue weighted by atomic mass is 9.64. The summed E-state index contributed by atoms with van der Waals surface area (Å²) in [5, 5.41) is 9.36. The topological polar surface area (TPSA) is 90.4 Å². The first kappa shape index (κ1) is 31.5. The standard InChI is InChI=1S/C35H49N3O5/c1-4-22-36(26-16-10-7-11-17-26)31(40)28-29-32(41)38(24-14-9-15-25-39)30(35(29)21-20-34(28,6-3)43-35)33(42)37(23-5-2)27-18-12-8-13-19-27/h4-5,7,10-11,16-17,27-30,39H,1-2,6,8-9,12-15,18-25H2,3H3/t28-,29-,30?,34+,35?/m0/s1. The van der Waals surface area contributed by atoms with Gasteiger partial charge in [0.1, 0.15) is 11.6 Å². The number of carbonyl (C=O) groups excluding carboxylic acids is 3. The van der Waals surface area contributed by atoms with Crippen LogP contribution in [-0.4, -0.2) is 82.2 Å². The number of nitrogens with zero attached hydrogens (tertiary/aromatic N) is 3. The molecule has 2 bridgehead atoms. The Morgan fingerprint density at radius 2 is 1.74 bits per heavy atom. The molecule has 4 fully saturated rings. The summed E-state index contributed by atoms with van der Waals surface area (Å²) in [5.74, 6) is -1.79. The number of unbranched alkanes of at least 4 members (excludes halogenated alkanes) is 2. The first-order valence-electron chi connectivity index (χ1n) is 16.4. The maximum absolute atomic E-state index is 14.8. The molecule has 3 saturated heterocycles. The van der Waals surface area contributed by atoms with Crippen molar-refractivity contribution in [3.8, 4) is 0 Å². The minimum absolute atomic E-state index is 0.0733. The number of aliphatic hydroxyl groups is 1. The molecule has 0 radical (unpaired) electrons. The van der Waals surface area contributed by atoms with Crippen molar-refractivity contribution in [1.29, 1.82) is 0 Å². The zero-order chi connectivity index (χ0) is 30.6. The number of rotatable bonds is 14. The third kappa shape index (κ3) is 5.46. The Hall–Kier alpha value is -2.97. The van der Waals surface area contributed by atoms with Crippen LogP contribution in [0, 0.1) is 11.8 Å². The van der Waals surface area contributed by atoms with Crippen LogP contribution in [0.1, 0.15) is 77.6 Å². The molecule has 5 atom stereocenters. The molecule has 5 rings (SSSR count). The molecule has 0 aromatic heterocycles. The fraction of sp³-hybridized carbons (Fsp3) is 0.629. The van der Waals surface area contributed by atoms with Gasteiger partial charge in [0.15, 0.2) is 0 Å². The monoisotopic (exact) mass is 591 g/mol. The molecular formula is C35H49N3O5. The van der Waals surface area contributed by atoms with E-state index in [9.17, 15) is 19.5 Å². The van der Waals surface area contributed by atoms with Gasteiger partial charge in [-0.1, -0.05) is 56.5 Å². The average molecular weight is 592 g/mol. The molecule has 8 nitrogen and oxygen atoms in total. The van der Waals surface area contributed by atoms with Crippen LogP contribution in [0.3, 0.4) is 0 Å². The van der Waals surface area contributed by atoms with Crippen molar-refractivity contribution < 1.29 is 24.2 Å². The molecule has 1 aromatic rings. The summed E-state index contributed by atoms with van der Waals surface area (Å²) in [6.45, 7) is 11.1. The molecule has 3 aliphatic heterocycles. The molecule has 1 saturated carbocycles. The summed E-state index contributed by atoms with van der Waals surface area (Å²) in [7, 11) is 0. The largest absolute Gasteiger partial charge is 0.396 e. The van der Waals surface area contributed by atoms with Crippen molar-refractivity contribution in [2.75, 3.05) is 31.1 Å². The van der Waals surface area contributed by atoms with Gasteiger partial charge in [-0.05, 0) is 63.5 Å². The molecule has 3 amide bonds. The minimum atomic E-state index is -1.05. The predicted molar refractivity (Wildman–Crippen MR) is 167 cm³/mol. The summed E-state index contributed by atoms with van der Waals surface area (Å²) in [6, 6.07) is 8.84. The number of ether oxygens (including phenoxy) is 1. The number of fused-ring (bicyclic) bond motifs is 1. The third-order valence-electron chi connectivity index (χ3n) is 10.5. The molecule has 234 valence electrons. The van der Waals surface area contributed by atoms with E-state index < -0.39 is 29.1 Å². The number of hydrogen-bond donors (Lipinski definition) is 1. The number of carbonyl (C=O) groups is 3. The number of hydrogen-bond acceptors (Lipinski definition) is 5.